The molecule has 2 fully saturated rings. The van der Waals surface area contributed by atoms with Crippen molar-refractivity contribution in [1.29, 1.82) is 0 Å². The topological polar surface area (TPSA) is 91.6 Å². The van der Waals surface area contributed by atoms with Gasteiger partial charge in [-0.25, -0.2) is 19.2 Å². The maximum atomic E-state index is 12.7. The Morgan fingerprint density at radius 1 is 1.29 bits per heavy atom. The standard InChI is InChI=1S/C13H21N5O2S/c14-16-13-9-12(4-5-15-13)21(19,20)18-8-7-17-6-2-1-3-11(17)10-18/h4-5,9,11H,1-3,6-8,10,14H2,(H,15,16). The lowest BCUT2D eigenvalue weighted by atomic mass is 10.0. The highest BCUT2D eigenvalue weighted by atomic mass is 32.2. The number of pyridine rings is 1. The Kier molecular flexibility index (Phi) is 4.12. The molecule has 3 heterocycles. The number of piperazine rings is 1. The first kappa shape index (κ1) is 14.7. The number of rotatable bonds is 3. The Labute approximate surface area is 125 Å². The maximum Gasteiger partial charge on any atom is 0.243 e. The Bertz CT molecular complexity index is 606. The Morgan fingerprint density at radius 2 is 2.14 bits per heavy atom. The molecule has 2 saturated heterocycles. The fraction of sp³-hybridized carbons (Fsp3) is 0.615. The number of nitrogen functional groups attached to an aromatic ring is 1. The number of nitrogens with two attached hydrogens (primary N) is 1. The second-order valence-electron chi connectivity index (χ2n) is 5.57. The summed E-state index contributed by atoms with van der Waals surface area (Å²) in [6.07, 6.45) is 4.95. The van der Waals surface area contributed by atoms with Crippen LogP contribution in [0.3, 0.4) is 0 Å². The average molecular weight is 311 g/mol. The summed E-state index contributed by atoms with van der Waals surface area (Å²) >= 11 is 0. The number of hydrogen-bond acceptors (Lipinski definition) is 6. The molecule has 0 aromatic carbocycles. The lowest BCUT2D eigenvalue weighted by Gasteiger charge is -2.43. The van der Waals surface area contributed by atoms with Crippen LogP contribution >= 0.6 is 0 Å². The van der Waals surface area contributed by atoms with E-state index in [1.807, 2.05) is 0 Å². The quantitative estimate of drug-likeness (QED) is 0.613. The molecule has 21 heavy (non-hydrogen) atoms. The summed E-state index contributed by atoms with van der Waals surface area (Å²) in [6, 6.07) is 3.35. The molecule has 1 aromatic heterocycles. The molecule has 0 amide bonds. The van der Waals surface area contributed by atoms with Gasteiger partial charge in [-0.3, -0.25) is 4.90 Å². The first-order valence-corrected chi connectivity index (χ1v) is 8.72. The van der Waals surface area contributed by atoms with Gasteiger partial charge >= 0.3 is 0 Å². The van der Waals surface area contributed by atoms with Crippen LogP contribution in [0.4, 0.5) is 5.82 Å². The fourth-order valence-electron chi connectivity index (χ4n) is 3.15. The van der Waals surface area contributed by atoms with Crippen LogP contribution in [0.1, 0.15) is 19.3 Å². The normalized spacial score (nSPS) is 24.5. The molecule has 0 bridgehead atoms. The molecule has 1 atom stereocenters. The molecule has 1 aromatic rings. The SMILES string of the molecule is NNc1cc(S(=O)(=O)N2CCN3CCCCC3C2)ccn1. The molecule has 1 unspecified atom stereocenters. The monoisotopic (exact) mass is 311 g/mol. The zero-order chi connectivity index (χ0) is 14.9. The predicted molar refractivity (Wildman–Crippen MR) is 80.0 cm³/mol. The molecule has 0 spiro atoms. The van der Waals surface area contributed by atoms with Crippen molar-refractivity contribution in [3.63, 3.8) is 0 Å². The summed E-state index contributed by atoms with van der Waals surface area (Å²) in [5, 5.41) is 0. The summed E-state index contributed by atoms with van der Waals surface area (Å²) in [7, 11) is -3.47. The van der Waals surface area contributed by atoms with E-state index in [0.29, 0.717) is 24.9 Å². The second-order valence-corrected chi connectivity index (χ2v) is 7.51. The summed E-state index contributed by atoms with van der Waals surface area (Å²) in [4.78, 5) is 6.61. The second kappa shape index (κ2) is 5.88. The minimum Gasteiger partial charge on any atom is -0.308 e. The van der Waals surface area contributed by atoms with Gasteiger partial charge in [-0.1, -0.05) is 6.42 Å². The van der Waals surface area contributed by atoms with Crippen molar-refractivity contribution < 1.29 is 8.42 Å². The summed E-state index contributed by atoms with van der Waals surface area (Å²) < 4.78 is 27.1. The van der Waals surface area contributed by atoms with Crippen molar-refractivity contribution in [3.8, 4) is 0 Å². The third kappa shape index (κ3) is 2.89. The van der Waals surface area contributed by atoms with Crippen LogP contribution in [0.15, 0.2) is 23.2 Å². The van der Waals surface area contributed by atoms with E-state index in [4.69, 9.17) is 5.84 Å². The zero-order valence-corrected chi connectivity index (χ0v) is 12.7. The van der Waals surface area contributed by atoms with Crippen LogP contribution in [0.5, 0.6) is 0 Å². The molecule has 3 N–H and O–H groups in total. The first-order chi connectivity index (χ1) is 10.1. The Balaban J connectivity index is 1.81. The van der Waals surface area contributed by atoms with Gasteiger partial charge in [-0.15, -0.1) is 0 Å². The van der Waals surface area contributed by atoms with Gasteiger partial charge in [0.1, 0.15) is 5.82 Å². The van der Waals surface area contributed by atoms with Crippen LogP contribution < -0.4 is 11.3 Å². The van der Waals surface area contributed by atoms with E-state index in [9.17, 15) is 8.42 Å². The van der Waals surface area contributed by atoms with Crippen molar-refractivity contribution in [2.45, 2.75) is 30.2 Å². The third-order valence-electron chi connectivity index (χ3n) is 4.32. The number of nitrogens with zero attached hydrogens (tertiary/aromatic N) is 3. The van der Waals surface area contributed by atoms with Crippen LogP contribution in [0, 0.1) is 0 Å². The molecule has 2 aliphatic rings. The van der Waals surface area contributed by atoms with Gasteiger partial charge in [0.2, 0.25) is 10.0 Å². The zero-order valence-electron chi connectivity index (χ0n) is 11.9. The van der Waals surface area contributed by atoms with E-state index in [2.05, 4.69) is 15.3 Å². The van der Waals surface area contributed by atoms with Crippen molar-refractivity contribution in [2.75, 3.05) is 31.6 Å². The van der Waals surface area contributed by atoms with E-state index in [1.54, 1.807) is 4.31 Å². The molecule has 3 rings (SSSR count). The number of fused-ring (bicyclic) bond motifs is 1. The van der Waals surface area contributed by atoms with E-state index in [1.165, 1.54) is 31.2 Å². The highest BCUT2D eigenvalue weighted by molar-refractivity contribution is 7.89. The molecular weight excluding hydrogens is 290 g/mol. The lowest BCUT2D eigenvalue weighted by Crippen LogP contribution is -2.56. The number of aromatic nitrogens is 1. The van der Waals surface area contributed by atoms with Crippen molar-refractivity contribution in [1.82, 2.24) is 14.2 Å². The minimum absolute atomic E-state index is 0.245. The summed E-state index contributed by atoms with van der Waals surface area (Å²) in [5.74, 6) is 5.65. The fourth-order valence-corrected chi connectivity index (χ4v) is 4.63. The highest BCUT2D eigenvalue weighted by Crippen LogP contribution is 2.25. The van der Waals surface area contributed by atoms with E-state index < -0.39 is 10.0 Å². The minimum atomic E-state index is -3.47. The number of sulfonamides is 1. The molecular formula is C13H21N5O2S. The van der Waals surface area contributed by atoms with Gasteiger partial charge in [-0.05, 0) is 25.5 Å². The average Bonchev–Trinajstić information content (AvgIpc) is 2.54. The maximum absolute atomic E-state index is 12.7. The molecule has 7 nitrogen and oxygen atoms in total. The van der Waals surface area contributed by atoms with Gasteiger partial charge in [0.05, 0.1) is 4.90 Å². The van der Waals surface area contributed by atoms with Crippen LogP contribution in [-0.4, -0.2) is 54.8 Å². The molecule has 0 aliphatic carbocycles. The molecule has 8 heteroatoms. The van der Waals surface area contributed by atoms with E-state index in [-0.39, 0.29) is 4.90 Å². The highest BCUT2D eigenvalue weighted by Gasteiger charge is 2.35. The molecule has 0 radical (unpaired) electrons. The lowest BCUT2D eigenvalue weighted by molar-refractivity contribution is 0.0852. The van der Waals surface area contributed by atoms with Gasteiger partial charge in [-0.2, -0.15) is 4.31 Å². The molecule has 116 valence electrons. The predicted octanol–water partition coefficient (Wildman–Crippen LogP) is 0.226. The Morgan fingerprint density at radius 3 is 2.95 bits per heavy atom. The van der Waals surface area contributed by atoms with Gasteiger partial charge in [0.15, 0.2) is 0 Å². The summed E-state index contributed by atoms with van der Waals surface area (Å²) in [6.45, 7) is 3.04. The smallest absolute Gasteiger partial charge is 0.243 e. The van der Waals surface area contributed by atoms with E-state index in [0.717, 1.165) is 19.5 Å². The number of piperidine rings is 1. The summed E-state index contributed by atoms with van der Waals surface area (Å²) in [5.41, 5.74) is 2.39. The number of hydrazine groups is 1. The van der Waals surface area contributed by atoms with Crippen LogP contribution in [0.25, 0.3) is 0 Å². The van der Waals surface area contributed by atoms with E-state index >= 15 is 0 Å². The largest absolute Gasteiger partial charge is 0.308 e. The van der Waals surface area contributed by atoms with Gasteiger partial charge in [0.25, 0.3) is 0 Å². The molecule has 2 aliphatic heterocycles. The number of hydrogen-bond donors (Lipinski definition) is 2. The van der Waals surface area contributed by atoms with Gasteiger partial charge < -0.3 is 5.43 Å². The van der Waals surface area contributed by atoms with Gasteiger partial charge in [0, 0.05) is 37.9 Å². The molecule has 0 saturated carbocycles. The van der Waals surface area contributed by atoms with Crippen molar-refractivity contribution >= 4 is 15.8 Å². The van der Waals surface area contributed by atoms with Crippen LogP contribution in [0.2, 0.25) is 0 Å². The first-order valence-electron chi connectivity index (χ1n) is 7.28. The van der Waals surface area contributed by atoms with Crippen molar-refractivity contribution in [3.05, 3.63) is 18.3 Å². The number of nitrogens with one attached hydrogen (secondary N) is 1. The Hall–Kier alpha value is -1.22. The third-order valence-corrected chi connectivity index (χ3v) is 6.18. The number of anilines is 1. The van der Waals surface area contributed by atoms with Crippen molar-refractivity contribution in [2.24, 2.45) is 5.84 Å². The van der Waals surface area contributed by atoms with Crippen LogP contribution in [-0.2, 0) is 10.0 Å².